The summed E-state index contributed by atoms with van der Waals surface area (Å²) >= 11 is 0. The Morgan fingerprint density at radius 1 is 1.39 bits per heavy atom. The summed E-state index contributed by atoms with van der Waals surface area (Å²) in [6.07, 6.45) is 1.92. The molecule has 0 spiro atoms. The van der Waals surface area contributed by atoms with Gasteiger partial charge in [-0.2, -0.15) is 0 Å². The minimum absolute atomic E-state index is 0. The average Bonchev–Trinajstić information content (AvgIpc) is 3.08. The number of likely N-dealkylation sites (tertiary alicyclic amines) is 1. The highest BCUT2D eigenvalue weighted by atomic mass is 127. The van der Waals surface area contributed by atoms with Crippen LogP contribution in [0.25, 0.3) is 0 Å². The lowest BCUT2D eigenvalue weighted by Crippen LogP contribution is -2.42. The fourth-order valence-electron chi connectivity index (χ4n) is 2.84. The summed E-state index contributed by atoms with van der Waals surface area (Å²) in [7, 11) is 1.79. The fourth-order valence-corrected chi connectivity index (χ4v) is 2.84. The van der Waals surface area contributed by atoms with Crippen molar-refractivity contribution in [1.82, 2.24) is 10.2 Å². The first kappa shape index (κ1) is 20.5. The number of hydrogen-bond acceptors (Lipinski definition) is 4. The van der Waals surface area contributed by atoms with Gasteiger partial charge in [-0.1, -0.05) is 0 Å². The molecule has 2 unspecified atom stereocenters. The van der Waals surface area contributed by atoms with Gasteiger partial charge in [0.15, 0.2) is 5.96 Å². The molecule has 1 N–H and O–H groups in total. The Hall–Kier alpha value is -0.570. The van der Waals surface area contributed by atoms with Crippen LogP contribution < -0.4 is 5.32 Å². The van der Waals surface area contributed by atoms with Crippen LogP contribution in [0.4, 0.5) is 0 Å². The summed E-state index contributed by atoms with van der Waals surface area (Å²) in [6, 6.07) is 0. The van der Waals surface area contributed by atoms with E-state index in [2.05, 4.69) is 15.2 Å². The molecule has 134 valence electrons. The molecule has 2 fully saturated rings. The maximum absolute atomic E-state index is 12.2. The van der Waals surface area contributed by atoms with E-state index in [1.807, 2.05) is 20.8 Å². The monoisotopic (exact) mass is 439 g/mol. The Labute approximate surface area is 156 Å². The molecule has 0 amide bonds. The highest BCUT2D eigenvalue weighted by molar-refractivity contribution is 14.0. The molecule has 2 aliphatic heterocycles. The van der Waals surface area contributed by atoms with Gasteiger partial charge in [0, 0.05) is 39.2 Å². The molecule has 2 rings (SSSR count). The third-order valence-electron chi connectivity index (χ3n) is 4.01. The van der Waals surface area contributed by atoms with Crippen molar-refractivity contribution < 1.29 is 14.3 Å². The standard InChI is InChI=1S/C16H29N3O3.HI/c1-16(2,3)22-14(20)13-5-7-19(10-13)15(17-4)18-9-12-6-8-21-11-12;/h12-13H,5-11H2,1-4H3,(H,17,18);1H. The summed E-state index contributed by atoms with van der Waals surface area (Å²) in [5.41, 5.74) is -0.424. The fraction of sp³-hybridized carbons (Fsp3) is 0.875. The van der Waals surface area contributed by atoms with Gasteiger partial charge in [0.2, 0.25) is 0 Å². The van der Waals surface area contributed by atoms with Crippen LogP contribution in [0.15, 0.2) is 4.99 Å². The van der Waals surface area contributed by atoms with Crippen molar-refractivity contribution in [1.29, 1.82) is 0 Å². The predicted molar refractivity (Wildman–Crippen MR) is 101 cm³/mol. The topological polar surface area (TPSA) is 63.2 Å². The molecule has 0 aromatic rings. The Bertz CT molecular complexity index is 417. The van der Waals surface area contributed by atoms with Gasteiger partial charge in [-0.3, -0.25) is 9.79 Å². The first-order chi connectivity index (χ1) is 10.4. The lowest BCUT2D eigenvalue weighted by Gasteiger charge is -2.24. The van der Waals surface area contributed by atoms with Gasteiger partial charge in [0.25, 0.3) is 0 Å². The van der Waals surface area contributed by atoms with Crippen LogP contribution in [-0.2, 0) is 14.3 Å². The third-order valence-corrected chi connectivity index (χ3v) is 4.01. The predicted octanol–water partition coefficient (Wildman–Crippen LogP) is 1.88. The smallest absolute Gasteiger partial charge is 0.311 e. The van der Waals surface area contributed by atoms with Crippen molar-refractivity contribution in [3.63, 3.8) is 0 Å². The highest BCUT2D eigenvalue weighted by Gasteiger charge is 2.33. The van der Waals surface area contributed by atoms with E-state index in [4.69, 9.17) is 9.47 Å². The second kappa shape index (κ2) is 9.05. The lowest BCUT2D eigenvalue weighted by atomic mass is 10.1. The number of ether oxygens (including phenoxy) is 2. The van der Waals surface area contributed by atoms with Gasteiger partial charge in [0.1, 0.15) is 5.60 Å². The molecule has 0 aromatic carbocycles. The lowest BCUT2D eigenvalue weighted by molar-refractivity contribution is -0.159. The molecule has 0 saturated carbocycles. The van der Waals surface area contributed by atoms with Crippen molar-refractivity contribution in [2.45, 2.75) is 39.2 Å². The summed E-state index contributed by atoms with van der Waals surface area (Å²) in [5.74, 6) is 1.26. The highest BCUT2D eigenvalue weighted by Crippen LogP contribution is 2.21. The Balaban J connectivity index is 0.00000264. The molecule has 2 saturated heterocycles. The molecule has 7 heteroatoms. The summed E-state index contributed by atoms with van der Waals surface area (Å²) in [5, 5.41) is 3.40. The van der Waals surface area contributed by atoms with Crippen molar-refractivity contribution in [3.8, 4) is 0 Å². The van der Waals surface area contributed by atoms with Crippen LogP contribution >= 0.6 is 24.0 Å². The maximum Gasteiger partial charge on any atom is 0.311 e. The summed E-state index contributed by atoms with van der Waals surface area (Å²) < 4.78 is 10.9. The number of rotatable bonds is 3. The van der Waals surface area contributed by atoms with Crippen LogP contribution in [0.1, 0.15) is 33.6 Å². The number of carbonyl (C=O) groups excluding carboxylic acids is 1. The number of halogens is 1. The van der Waals surface area contributed by atoms with Gasteiger partial charge >= 0.3 is 5.97 Å². The minimum atomic E-state index is -0.424. The van der Waals surface area contributed by atoms with E-state index < -0.39 is 5.60 Å². The first-order valence-corrected chi connectivity index (χ1v) is 8.15. The van der Waals surface area contributed by atoms with E-state index >= 15 is 0 Å². The third kappa shape index (κ3) is 6.45. The van der Waals surface area contributed by atoms with E-state index in [0.717, 1.165) is 45.1 Å². The van der Waals surface area contributed by atoms with E-state index in [1.165, 1.54) is 0 Å². The van der Waals surface area contributed by atoms with Gasteiger partial charge in [-0.05, 0) is 33.6 Å². The zero-order chi connectivity index (χ0) is 16.2. The van der Waals surface area contributed by atoms with E-state index in [-0.39, 0.29) is 35.9 Å². The Morgan fingerprint density at radius 3 is 2.70 bits per heavy atom. The average molecular weight is 439 g/mol. The SMILES string of the molecule is CN=C(NCC1CCOC1)N1CCC(C(=O)OC(C)(C)C)C1.I. The molecule has 6 nitrogen and oxygen atoms in total. The largest absolute Gasteiger partial charge is 0.460 e. The van der Waals surface area contributed by atoms with Crippen LogP contribution in [0.5, 0.6) is 0 Å². The number of esters is 1. The number of hydrogen-bond donors (Lipinski definition) is 1. The van der Waals surface area contributed by atoms with Gasteiger partial charge in [-0.25, -0.2) is 0 Å². The molecule has 23 heavy (non-hydrogen) atoms. The number of nitrogens with one attached hydrogen (secondary N) is 1. The summed E-state index contributed by atoms with van der Waals surface area (Å²) in [6.45, 7) is 9.78. The zero-order valence-corrected chi connectivity index (χ0v) is 17.0. The van der Waals surface area contributed by atoms with E-state index in [9.17, 15) is 4.79 Å². The van der Waals surface area contributed by atoms with Gasteiger partial charge < -0.3 is 19.7 Å². The Kier molecular flexibility index (Phi) is 8.06. The molecule has 0 bridgehead atoms. The number of guanidine groups is 1. The van der Waals surface area contributed by atoms with Crippen molar-refractivity contribution in [2.24, 2.45) is 16.8 Å². The molecule has 2 aliphatic rings. The first-order valence-electron chi connectivity index (χ1n) is 8.15. The molecule has 2 heterocycles. The van der Waals surface area contributed by atoms with Crippen LogP contribution in [0, 0.1) is 11.8 Å². The number of aliphatic imine (C=N–C) groups is 1. The Morgan fingerprint density at radius 2 is 2.13 bits per heavy atom. The molecule has 0 aliphatic carbocycles. The maximum atomic E-state index is 12.2. The second-order valence-electron chi connectivity index (χ2n) is 7.12. The normalized spacial score (nSPS) is 25.2. The minimum Gasteiger partial charge on any atom is -0.460 e. The van der Waals surface area contributed by atoms with Crippen molar-refractivity contribution >= 4 is 35.9 Å². The van der Waals surface area contributed by atoms with E-state index in [0.29, 0.717) is 12.5 Å². The van der Waals surface area contributed by atoms with E-state index in [1.54, 1.807) is 7.05 Å². The molecule has 0 radical (unpaired) electrons. The van der Waals surface area contributed by atoms with Crippen LogP contribution in [0.2, 0.25) is 0 Å². The molecular weight excluding hydrogens is 409 g/mol. The zero-order valence-electron chi connectivity index (χ0n) is 14.6. The second-order valence-corrected chi connectivity index (χ2v) is 7.12. The quantitative estimate of drug-likeness (QED) is 0.315. The molecule has 2 atom stereocenters. The molecular formula is C16H30IN3O3. The summed E-state index contributed by atoms with van der Waals surface area (Å²) in [4.78, 5) is 18.6. The molecule has 0 aromatic heterocycles. The van der Waals surface area contributed by atoms with Gasteiger partial charge in [-0.15, -0.1) is 24.0 Å². The number of carbonyl (C=O) groups is 1. The number of nitrogens with zero attached hydrogens (tertiary/aromatic N) is 2. The van der Waals surface area contributed by atoms with Crippen molar-refractivity contribution in [2.75, 3.05) is 39.9 Å². The van der Waals surface area contributed by atoms with Crippen LogP contribution in [-0.4, -0.2) is 62.3 Å². The van der Waals surface area contributed by atoms with Gasteiger partial charge in [0.05, 0.1) is 12.5 Å². The van der Waals surface area contributed by atoms with Crippen molar-refractivity contribution in [3.05, 3.63) is 0 Å². The van der Waals surface area contributed by atoms with Crippen LogP contribution in [0.3, 0.4) is 0 Å².